The average Bonchev–Trinajstić information content (AvgIpc) is 1.92. The molecule has 0 heterocycles. The Labute approximate surface area is 63.4 Å². The van der Waals surface area contributed by atoms with Crippen molar-refractivity contribution in [2.75, 3.05) is 0 Å². The summed E-state index contributed by atoms with van der Waals surface area (Å²) < 4.78 is -0.365. The topological polar surface area (TPSA) is 0 Å². The van der Waals surface area contributed by atoms with E-state index >= 15 is 0 Å². The number of hydrogen-bond donors (Lipinski definition) is 0. The largest absolute Gasteiger partial charge is 0.130 e. The fraction of sp³-hybridized carbons (Fsp3) is 1.00. The van der Waals surface area contributed by atoms with Crippen LogP contribution in [0.4, 0.5) is 0 Å². The molecule has 0 spiro atoms. The van der Waals surface area contributed by atoms with Crippen molar-refractivity contribution < 1.29 is 0 Å². The molecule has 1 rings (SSSR count). The first-order valence-corrected chi connectivity index (χ1v) is 4.06. The normalized spacial score (nSPS) is 27.2. The van der Waals surface area contributed by atoms with Gasteiger partial charge >= 0.3 is 0 Å². The summed E-state index contributed by atoms with van der Waals surface area (Å²) in [6.45, 7) is 0. The smallest absolute Gasteiger partial charge is 0.0964 e. The van der Waals surface area contributed by atoms with E-state index in [1.54, 1.807) is 0 Å². The molecule has 1 aliphatic carbocycles. The van der Waals surface area contributed by atoms with E-state index in [0.29, 0.717) is 0 Å². The van der Waals surface area contributed by atoms with Crippen LogP contribution in [0.15, 0.2) is 0 Å². The second kappa shape index (κ2) is 2.96. The molecular formula is C7H12BCl. The van der Waals surface area contributed by atoms with Gasteiger partial charge in [0, 0.05) is 4.77 Å². The average molecular weight is 142 g/mol. The molecule has 50 valence electrons. The van der Waals surface area contributed by atoms with Gasteiger partial charge in [0.15, 0.2) is 0 Å². The van der Waals surface area contributed by atoms with Gasteiger partial charge in [-0.3, -0.25) is 0 Å². The summed E-state index contributed by atoms with van der Waals surface area (Å²) in [5, 5.41) is 0. The number of halogens is 1. The number of rotatable bonds is 0. The van der Waals surface area contributed by atoms with Crippen LogP contribution in [0.5, 0.6) is 0 Å². The third kappa shape index (κ3) is 2.62. The van der Waals surface area contributed by atoms with Gasteiger partial charge < -0.3 is 0 Å². The van der Waals surface area contributed by atoms with E-state index in [0.717, 1.165) is 12.8 Å². The van der Waals surface area contributed by atoms with Crippen LogP contribution in [0.25, 0.3) is 0 Å². The van der Waals surface area contributed by atoms with Gasteiger partial charge in [0.05, 0.1) is 7.85 Å². The molecule has 0 saturated heterocycles. The summed E-state index contributed by atoms with van der Waals surface area (Å²) in [5.41, 5.74) is 0. The molecule has 0 aliphatic heterocycles. The van der Waals surface area contributed by atoms with Crippen molar-refractivity contribution in [1.82, 2.24) is 0 Å². The Kier molecular flexibility index (Phi) is 2.45. The van der Waals surface area contributed by atoms with Gasteiger partial charge in [0.2, 0.25) is 0 Å². The van der Waals surface area contributed by atoms with E-state index in [4.69, 9.17) is 19.4 Å². The van der Waals surface area contributed by atoms with E-state index in [-0.39, 0.29) is 4.77 Å². The first-order chi connectivity index (χ1) is 4.21. The lowest BCUT2D eigenvalue weighted by molar-refractivity contribution is 0.654. The quantitative estimate of drug-likeness (QED) is 0.277. The Morgan fingerprint density at radius 2 is 1.44 bits per heavy atom. The van der Waals surface area contributed by atoms with Crippen molar-refractivity contribution in [3.63, 3.8) is 0 Å². The minimum atomic E-state index is -0.365. The molecule has 2 radical (unpaired) electrons. The number of hydrogen-bond acceptors (Lipinski definition) is 0. The third-order valence-electron chi connectivity index (χ3n) is 1.93. The maximum absolute atomic E-state index is 5.95. The van der Waals surface area contributed by atoms with Crippen LogP contribution >= 0.6 is 11.6 Å². The zero-order valence-electron chi connectivity index (χ0n) is 5.70. The minimum Gasteiger partial charge on any atom is -0.130 e. The van der Waals surface area contributed by atoms with Crippen LogP contribution in [0.3, 0.4) is 0 Å². The van der Waals surface area contributed by atoms with Crippen molar-refractivity contribution in [1.29, 1.82) is 0 Å². The highest BCUT2D eigenvalue weighted by molar-refractivity contribution is 6.44. The lowest BCUT2D eigenvalue weighted by Gasteiger charge is -2.18. The van der Waals surface area contributed by atoms with Gasteiger partial charge in [-0.2, -0.15) is 0 Å². The van der Waals surface area contributed by atoms with Crippen LogP contribution in [0.1, 0.15) is 38.5 Å². The molecule has 1 aliphatic rings. The molecule has 1 saturated carbocycles. The Morgan fingerprint density at radius 3 is 1.89 bits per heavy atom. The van der Waals surface area contributed by atoms with E-state index in [1.807, 2.05) is 0 Å². The first-order valence-electron chi connectivity index (χ1n) is 3.68. The monoisotopic (exact) mass is 142 g/mol. The molecule has 0 amide bonds. The maximum atomic E-state index is 5.95. The van der Waals surface area contributed by atoms with Crippen molar-refractivity contribution in [3.05, 3.63) is 0 Å². The summed E-state index contributed by atoms with van der Waals surface area (Å²) in [5.74, 6) is 0. The Morgan fingerprint density at radius 1 is 1.00 bits per heavy atom. The van der Waals surface area contributed by atoms with Crippen molar-refractivity contribution in [2.24, 2.45) is 0 Å². The SMILES string of the molecule is [B]C1(Cl)CCCCCC1. The summed E-state index contributed by atoms with van der Waals surface area (Å²) in [6.07, 6.45) is 7.03. The molecule has 1 fully saturated rings. The zero-order valence-corrected chi connectivity index (χ0v) is 6.45. The standard InChI is InChI=1S/C7H12BCl/c8-7(9)5-3-1-2-4-6-7/h1-6H2. The molecular weight excluding hydrogens is 130 g/mol. The molecule has 0 unspecified atom stereocenters. The number of alkyl halides is 1. The van der Waals surface area contributed by atoms with Crippen LogP contribution in [-0.4, -0.2) is 12.6 Å². The molecule has 0 bridgehead atoms. The summed E-state index contributed by atoms with van der Waals surface area (Å²) in [4.78, 5) is 0. The molecule has 0 aromatic carbocycles. The van der Waals surface area contributed by atoms with Gasteiger partial charge in [0.25, 0.3) is 0 Å². The van der Waals surface area contributed by atoms with Crippen LogP contribution in [-0.2, 0) is 0 Å². The highest BCUT2D eigenvalue weighted by Gasteiger charge is 2.20. The highest BCUT2D eigenvalue weighted by atomic mass is 35.5. The lowest BCUT2D eigenvalue weighted by Crippen LogP contribution is -2.19. The predicted molar refractivity (Wildman–Crippen MR) is 42.0 cm³/mol. The van der Waals surface area contributed by atoms with Crippen molar-refractivity contribution in [2.45, 2.75) is 43.3 Å². The van der Waals surface area contributed by atoms with Crippen LogP contribution in [0, 0.1) is 0 Å². The molecule has 0 atom stereocenters. The molecule has 9 heavy (non-hydrogen) atoms. The van der Waals surface area contributed by atoms with E-state index in [9.17, 15) is 0 Å². The second-order valence-electron chi connectivity index (χ2n) is 2.95. The first kappa shape index (κ1) is 7.46. The molecule has 0 N–H and O–H groups in total. The van der Waals surface area contributed by atoms with Crippen molar-refractivity contribution >= 4 is 19.4 Å². The van der Waals surface area contributed by atoms with Gasteiger partial charge in [-0.1, -0.05) is 25.7 Å². The molecule has 0 nitrogen and oxygen atoms in total. The third-order valence-corrected chi connectivity index (χ3v) is 2.31. The Hall–Kier alpha value is 0.355. The maximum Gasteiger partial charge on any atom is 0.0964 e. The predicted octanol–water partition coefficient (Wildman–Crippen LogP) is 2.44. The second-order valence-corrected chi connectivity index (χ2v) is 3.70. The van der Waals surface area contributed by atoms with E-state index < -0.39 is 0 Å². The Balaban J connectivity index is 2.36. The van der Waals surface area contributed by atoms with Gasteiger partial charge in [-0.15, -0.1) is 11.6 Å². The Bertz CT molecular complexity index is 80.9. The van der Waals surface area contributed by atoms with Crippen LogP contribution < -0.4 is 0 Å². The zero-order chi connectivity index (χ0) is 6.74. The van der Waals surface area contributed by atoms with Crippen LogP contribution in [0.2, 0.25) is 0 Å². The van der Waals surface area contributed by atoms with Gasteiger partial charge in [-0.25, -0.2) is 0 Å². The lowest BCUT2D eigenvalue weighted by atomic mass is 9.80. The summed E-state index contributed by atoms with van der Waals surface area (Å²) in [7, 11) is 5.74. The minimum absolute atomic E-state index is 0.365. The molecule has 0 aromatic heterocycles. The van der Waals surface area contributed by atoms with Gasteiger partial charge in [0.1, 0.15) is 0 Å². The summed E-state index contributed by atoms with van der Waals surface area (Å²) in [6, 6.07) is 0. The van der Waals surface area contributed by atoms with Crippen molar-refractivity contribution in [3.8, 4) is 0 Å². The van der Waals surface area contributed by atoms with E-state index in [1.165, 1.54) is 25.7 Å². The fourth-order valence-electron chi connectivity index (χ4n) is 1.32. The fourth-order valence-corrected chi connectivity index (χ4v) is 1.58. The van der Waals surface area contributed by atoms with Gasteiger partial charge in [-0.05, 0) is 12.8 Å². The molecule has 2 heteroatoms. The highest BCUT2D eigenvalue weighted by Crippen LogP contribution is 2.29. The summed E-state index contributed by atoms with van der Waals surface area (Å²) >= 11 is 5.95. The molecule has 0 aromatic rings. The van der Waals surface area contributed by atoms with E-state index in [2.05, 4.69) is 0 Å².